The van der Waals surface area contributed by atoms with E-state index in [4.69, 9.17) is 14.2 Å². The zero-order valence-electron chi connectivity index (χ0n) is 19.4. The predicted octanol–water partition coefficient (Wildman–Crippen LogP) is 3.72. The van der Waals surface area contributed by atoms with Crippen LogP contribution in [0.25, 0.3) is 0 Å². The predicted molar refractivity (Wildman–Crippen MR) is 133 cm³/mol. The molecule has 0 radical (unpaired) electrons. The molecule has 184 valence electrons. The van der Waals surface area contributed by atoms with Gasteiger partial charge in [-0.3, -0.25) is 9.89 Å². The quantitative estimate of drug-likeness (QED) is 0.240. The number of halogens is 3. The fraction of sp³-hybridized carbons (Fsp3) is 0.682. The van der Waals surface area contributed by atoms with Crippen LogP contribution in [0.5, 0.6) is 11.5 Å². The van der Waals surface area contributed by atoms with Gasteiger partial charge in [0.2, 0.25) is 0 Å². The van der Waals surface area contributed by atoms with Crippen LogP contribution >= 0.6 is 24.0 Å². The van der Waals surface area contributed by atoms with Crippen LogP contribution in [0, 0.1) is 5.92 Å². The highest BCUT2D eigenvalue weighted by atomic mass is 127. The fourth-order valence-corrected chi connectivity index (χ4v) is 3.65. The molecule has 1 aromatic carbocycles. The average Bonchev–Trinajstić information content (AvgIpc) is 2.75. The number of benzene rings is 1. The van der Waals surface area contributed by atoms with Crippen LogP contribution in [-0.4, -0.2) is 70.0 Å². The first-order valence-corrected chi connectivity index (χ1v) is 10.9. The van der Waals surface area contributed by atoms with E-state index in [2.05, 4.69) is 34.4 Å². The Morgan fingerprint density at radius 2 is 1.94 bits per heavy atom. The molecule has 0 amide bonds. The van der Waals surface area contributed by atoms with Gasteiger partial charge in [0.05, 0.1) is 19.8 Å². The summed E-state index contributed by atoms with van der Waals surface area (Å²) in [6, 6.07) is 5.47. The van der Waals surface area contributed by atoms with Crippen LogP contribution < -0.4 is 20.1 Å². The van der Waals surface area contributed by atoms with Gasteiger partial charge >= 0.3 is 6.61 Å². The number of hydrogen-bond donors (Lipinski definition) is 2. The third kappa shape index (κ3) is 9.62. The third-order valence-electron chi connectivity index (χ3n) is 5.05. The van der Waals surface area contributed by atoms with Crippen molar-refractivity contribution in [3.63, 3.8) is 0 Å². The SMILES string of the molecule is CCOc1cccc(CNC(=NC)NCC(CC(C)C)N2CCOCC2)c1OC(F)F.I. The lowest BCUT2D eigenvalue weighted by atomic mass is 10.0. The summed E-state index contributed by atoms with van der Waals surface area (Å²) >= 11 is 0. The van der Waals surface area contributed by atoms with Crippen LogP contribution in [0.15, 0.2) is 23.2 Å². The Morgan fingerprint density at radius 1 is 1.22 bits per heavy atom. The molecule has 1 aromatic rings. The molecule has 10 heteroatoms. The molecular formula is C22H37F2IN4O3. The summed E-state index contributed by atoms with van der Waals surface area (Å²) in [5.41, 5.74) is 0.570. The maximum absolute atomic E-state index is 12.9. The Hall–Kier alpha value is -1.40. The molecule has 7 nitrogen and oxygen atoms in total. The summed E-state index contributed by atoms with van der Waals surface area (Å²) in [6.07, 6.45) is 1.06. The smallest absolute Gasteiger partial charge is 0.387 e. The number of alkyl halides is 2. The Kier molecular flexibility index (Phi) is 13.8. The molecule has 0 saturated carbocycles. The van der Waals surface area contributed by atoms with Gasteiger partial charge in [-0.1, -0.05) is 26.0 Å². The van der Waals surface area contributed by atoms with Crippen molar-refractivity contribution in [2.24, 2.45) is 10.9 Å². The monoisotopic (exact) mass is 570 g/mol. The molecule has 0 spiro atoms. The lowest BCUT2D eigenvalue weighted by Crippen LogP contribution is -2.51. The maximum Gasteiger partial charge on any atom is 0.387 e. The van der Waals surface area contributed by atoms with E-state index in [0.29, 0.717) is 35.8 Å². The highest BCUT2D eigenvalue weighted by Gasteiger charge is 2.22. The zero-order valence-corrected chi connectivity index (χ0v) is 21.7. The van der Waals surface area contributed by atoms with E-state index in [0.717, 1.165) is 39.3 Å². The molecule has 1 fully saturated rings. The van der Waals surface area contributed by atoms with Crippen molar-refractivity contribution in [2.45, 2.75) is 46.4 Å². The van der Waals surface area contributed by atoms with Gasteiger partial charge < -0.3 is 24.8 Å². The number of para-hydroxylation sites is 1. The molecule has 32 heavy (non-hydrogen) atoms. The van der Waals surface area contributed by atoms with Crippen molar-refractivity contribution < 1.29 is 23.0 Å². The van der Waals surface area contributed by atoms with Crippen LogP contribution in [0.4, 0.5) is 8.78 Å². The first kappa shape index (κ1) is 28.6. The molecule has 1 aliphatic heterocycles. The minimum Gasteiger partial charge on any atom is -0.490 e. The number of aliphatic imine (C=N–C) groups is 1. The van der Waals surface area contributed by atoms with E-state index in [1.165, 1.54) is 0 Å². The largest absolute Gasteiger partial charge is 0.490 e. The highest BCUT2D eigenvalue weighted by Crippen LogP contribution is 2.32. The Labute approximate surface area is 207 Å². The number of guanidine groups is 1. The number of nitrogens with one attached hydrogen (secondary N) is 2. The second-order valence-electron chi connectivity index (χ2n) is 7.79. The lowest BCUT2D eigenvalue weighted by Gasteiger charge is -2.35. The summed E-state index contributed by atoms with van der Waals surface area (Å²) in [4.78, 5) is 6.73. The van der Waals surface area contributed by atoms with Crippen molar-refractivity contribution in [2.75, 3.05) is 46.5 Å². The maximum atomic E-state index is 12.9. The number of nitrogens with zero attached hydrogens (tertiary/aromatic N) is 2. The van der Waals surface area contributed by atoms with Gasteiger partial charge in [0.15, 0.2) is 17.5 Å². The van der Waals surface area contributed by atoms with Gasteiger partial charge in [0, 0.05) is 44.8 Å². The minimum atomic E-state index is -2.93. The van der Waals surface area contributed by atoms with Gasteiger partial charge in [0.1, 0.15) is 0 Å². The normalized spacial score (nSPS) is 15.9. The molecule has 2 rings (SSSR count). The molecule has 0 bridgehead atoms. The van der Waals surface area contributed by atoms with Gasteiger partial charge in [-0.2, -0.15) is 8.78 Å². The summed E-state index contributed by atoms with van der Waals surface area (Å²) in [5.74, 6) is 1.52. The summed E-state index contributed by atoms with van der Waals surface area (Å²) in [5, 5.41) is 6.57. The van der Waals surface area contributed by atoms with Gasteiger partial charge in [-0.25, -0.2) is 0 Å². The third-order valence-corrected chi connectivity index (χ3v) is 5.05. The lowest BCUT2D eigenvalue weighted by molar-refractivity contribution is -0.0520. The topological polar surface area (TPSA) is 67.4 Å². The molecule has 1 atom stereocenters. The number of morpholine rings is 1. The van der Waals surface area contributed by atoms with Crippen LogP contribution in [0.2, 0.25) is 0 Å². The fourth-order valence-electron chi connectivity index (χ4n) is 3.65. The molecule has 1 saturated heterocycles. The average molecular weight is 570 g/mol. The summed E-state index contributed by atoms with van der Waals surface area (Å²) < 4.78 is 41.5. The minimum absolute atomic E-state index is 0. The molecule has 0 aromatic heterocycles. The van der Waals surface area contributed by atoms with Gasteiger partial charge in [-0.05, 0) is 25.3 Å². The summed E-state index contributed by atoms with van der Waals surface area (Å²) in [7, 11) is 1.69. The Bertz CT molecular complexity index is 689. The number of rotatable bonds is 11. The van der Waals surface area contributed by atoms with E-state index >= 15 is 0 Å². The second-order valence-corrected chi connectivity index (χ2v) is 7.79. The molecule has 1 unspecified atom stereocenters. The Balaban J connectivity index is 0.00000512. The number of ether oxygens (including phenoxy) is 3. The van der Waals surface area contributed by atoms with E-state index < -0.39 is 6.61 Å². The molecule has 1 aliphatic rings. The van der Waals surface area contributed by atoms with Crippen molar-refractivity contribution in [1.29, 1.82) is 0 Å². The van der Waals surface area contributed by atoms with E-state index in [1.807, 2.05) is 0 Å². The summed E-state index contributed by atoms with van der Waals surface area (Å²) in [6.45, 7) is 8.02. The van der Waals surface area contributed by atoms with E-state index in [1.54, 1.807) is 32.2 Å². The molecule has 0 aliphatic carbocycles. The van der Waals surface area contributed by atoms with Gasteiger partial charge in [-0.15, -0.1) is 24.0 Å². The first-order valence-electron chi connectivity index (χ1n) is 10.9. The van der Waals surface area contributed by atoms with Crippen LogP contribution in [-0.2, 0) is 11.3 Å². The Morgan fingerprint density at radius 3 is 2.53 bits per heavy atom. The van der Waals surface area contributed by atoms with E-state index in [9.17, 15) is 8.78 Å². The van der Waals surface area contributed by atoms with Crippen LogP contribution in [0.3, 0.4) is 0 Å². The van der Waals surface area contributed by atoms with Crippen molar-refractivity contribution in [1.82, 2.24) is 15.5 Å². The molecule has 1 heterocycles. The standard InChI is InChI=1S/C22H36F2N4O3.HI/c1-5-30-19-8-6-7-17(20(19)31-21(23)24)14-26-22(25-4)27-15-18(13-16(2)3)28-9-11-29-12-10-28;/h6-8,16,18,21H,5,9-15H2,1-4H3,(H2,25,26,27);1H. The van der Waals surface area contributed by atoms with E-state index in [-0.39, 0.29) is 36.3 Å². The zero-order chi connectivity index (χ0) is 22.6. The molecular weight excluding hydrogens is 533 g/mol. The molecule has 2 N–H and O–H groups in total. The van der Waals surface area contributed by atoms with Crippen LogP contribution in [0.1, 0.15) is 32.8 Å². The number of hydrogen-bond acceptors (Lipinski definition) is 5. The van der Waals surface area contributed by atoms with Crippen molar-refractivity contribution in [3.8, 4) is 11.5 Å². The van der Waals surface area contributed by atoms with Crippen molar-refractivity contribution in [3.05, 3.63) is 23.8 Å². The second kappa shape index (κ2) is 15.4. The highest BCUT2D eigenvalue weighted by molar-refractivity contribution is 14.0. The van der Waals surface area contributed by atoms with Crippen molar-refractivity contribution >= 4 is 29.9 Å². The van der Waals surface area contributed by atoms with Gasteiger partial charge in [0.25, 0.3) is 0 Å². The first-order chi connectivity index (χ1) is 14.9.